The summed E-state index contributed by atoms with van der Waals surface area (Å²) in [6, 6.07) is 19.6. The average molecular weight is 524 g/mol. The van der Waals surface area contributed by atoms with Gasteiger partial charge in [0.25, 0.3) is 10.0 Å². The highest BCUT2D eigenvalue weighted by Gasteiger charge is 2.32. The van der Waals surface area contributed by atoms with Gasteiger partial charge in [0, 0.05) is 13.6 Å². The highest BCUT2D eigenvalue weighted by atomic mass is 32.2. The number of benzene rings is 3. The molecule has 9 heteroatoms. The fourth-order valence-electron chi connectivity index (χ4n) is 3.88. The van der Waals surface area contributed by atoms with Crippen LogP contribution in [0.2, 0.25) is 0 Å². The van der Waals surface area contributed by atoms with Gasteiger partial charge in [-0.3, -0.25) is 13.9 Å². The number of ether oxygens (including phenoxy) is 1. The molecule has 0 heterocycles. The number of amides is 2. The summed E-state index contributed by atoms with van der Waals surface area (Å²) in [7, 11) is -1.09. The number of nitrogens with zero attached hydrogens (tertiary/aromatic N) is 2. The number of likely N-dealkylation sites (N-methyl/N-ethyl adjacent to an activating group) is 1. The summed E-state index contributed by atoms with van der Waals surface area (Å²) in [4.78, 5) is 27.8. The Hall–Kier alpha value is -3.85. The van der Waals surface area contributed by atoms with E-state index in [0.717, 1.165) is 21.0 Å². The number of carbonyl (C=O) groups excluding carboxylic acids is 2. The van der Waals surface area contributed by atoms with Gasteiger partial charge in [0.05, 0.1) is 17.7 Å². The molecular weight excluding hydrogens is 490 g/mol. The van der Waals surface area contributed by atoms with Gasteiger partial charge in [-0.25, -0.2) is 8.42 Å². The summed E-state index contributed by atoms with van der Waals surface area (Å²) in [5.41, 5.74) is 3.04. The molecule has 0 bridgehead atoms. The maximum absolute atomic E-state index is 13.8. The quantitative estimate of drug-likeness (QED) is 0.438. The number of sulfonamides is 1. The molecule has 0 saturated carbocycles. The van der Waals surface area contributed by atoms with E-state index in [2.05, 4.69) is 5.32 Å². The Bertz CT molecular complexity index is 1340. The topological polar surface area (TPSA) is 96.0 Å². The van der Waals surface area contributed by atoms with Crippen molar-refractivity contribution in [3.05, 3.63) is 89.5 Å². The van der Waals surface area contributed by atoms with Crippen molar-refractivity contribution in [2.45, 2.75) is 38.3 Å². The molecule has 37 heavy (non-hydrogen) atoms. The number of hydrogen-bond acceptors (Lipinski definition) is 5. The fraction of sp³-hybridized carbons (Fsp3) is 0.286. The highest BCUT2D eigenvalue weighted by Crippen LogP contribution is 2.27. The predicted octanol–water partition coefficient (Wildman–Crippen LogP) is 3.67. The third-order valence-electron chi connectivity index (χ3n) is 6.26. The number of rotatable bonds is 10. The van der Waals surface area contributed by atoms with E-state index in [1.165, 1.54) is 31.2 Å². The Kier molecular flexibility index (Phi) is 8.94. The van der Waals surface area contributed by atoms with Gasteiger partial charge < -0.3 is 15.0 Å². The minimum Gasteiger partial charge on any atom is -0.497 e. The zero-order chi connectivity index (χ0) is 27.2. The molecular formula is C28H33N3O5S. The van der Waals surface area contributed by atoms with Gasteiger partial charge in [0.1, 0.15) is 18.3 Å². The number of hydrogen-bond donors (Lipinski definition) is 1. The molecule has 0 spiro atoms. The summed E-state index contributed by atoms with van der Waals surface area (Å²) in [5.74, 6) is -0.303. The minimum absolute atomic E-state index is 0.0616. The van der Waals surface area contributed by atoms with E-state index in [9.17, 15) is 18.0 Å². The smallest absolute Gasteiger partial charge is 0.264 e. The van der Waals surface area contributed by atoms with Gasteiger partial charge in [-0.2, -0.15) is 0 Å². The number of carbonyl (C=O) groups is 2. The molecule has 0 saturated heterocycles. The Morgan fingerprint density at radius 1 is 0.946 bits per heavy atom. The van der Waals surface area contributed by atoms with Crippen molar-refractivity contribution in [2.24, 2.45) is 0 Å². The van der Waals surface area contributed by atoms with E-state index in [1.54, 1.807) is 43.3 Å². The van der Waals surface area contributed by atoms with E-state index in [1.807, 2.05) is 38.1 Å². The van der Waals surface area contributed by atoms with Crippen LogP contribution in [0.1, 0.15) is 23.6 Å². The first kappa shape index (κ1) is 27.7. The van der Waals surface area contributed by atoms with Gasteiger partial charge in [0.2, 0.25) is 11.8 Å². The molecule has 3 aromatic rings. The molecule has 1 atom stereocenters. The summed E-state index contributed by atoms with van der Waals surface area (Å²) >= 11 is 0. The number of anilines is 1. The largest absolute Gasteiger partial charge is 0.497 e. The lowest BCUT2D eigenvalue weighted by Gasteiger charge is -2.32. The van der Waals surface area contributed by atoms with E-state index < -0.39 is 28.5 Å². The lowest BCUT2D eigenvalue weighted by atomic mass is 10.1. The first-order valence-electron chi connectivity index (χ1n) is 11.9. The number of methoxy groups -OCH3 is 1. The fourth-order valence-corrected chi connectivity index (χ4v) is 5.29. The molecule has 3 aromatic carbocycles. The Morgan fingerprint density at radius 2 is 1.57 bits per heavy atom. The SMILES string of the molecule is CNC(=O)C(C)N(Cc1ccccc1C)C(=O)CN(c1ccc(OC)cc1)S(=O)(=O)c1ccc(C)cc1. The van der Waals surface area contributed by atoms with Crippen molar-refractivity contribution < 1.29 is 22.7 Å². The maximum Gasteiger partial charge on any atom is 0.264 e. The van der Waals surface area contributed by atoms with Gasteiger partial charge in [-0.05, 0) is 68.3 Å². The Balaban J connectivity index is 2.04. The number of nitrogens with one attached hydrogen (secondary N) is 1. The van der Waals surface area contributed by atoms with Crippen LogP contribution in [-0.2, 0) is 26.2 Å². The third kappa shape index (κ3) is 6.48. The second-order valence-corrected chi connectivity index (χ2v) is 10.6. The van der Waals surface area contributed by atoms with Crippen LogP contribution in [0.15, 0.2) is 77.7 Å². The van der Waals surface area contributed by atoms with Crippen LogP contribution < -0.4 is 14.4 Å². The summed E-state index contributed by atoms with van der Waals surface area (Å²) < 4.78 is 33.8. The summed E-state index contributed by atoms with van der Waals surface area (Å²) in [6.45, 7) is 5.08. The molecule has 0 aromatic heterocycles. The molecule has 1 N–H and O–H groups in total. The van der Waals surface area contributed by atoms with E-state index in [0.29, 0.717) is 11.4 Å². The maximum atomic E-state index is 13.8. The second kappa shape index (κ2) is 11.9. The first-order valence-corrected chi connectivity index (χ1v) is 13.3. The molecule has 8 nitrogen and oxygen atoms in total. The molecule has 0 aliphatic rings. The van der Waals surface area contributed by atoms with Gasteiger partial charge in [-0.1, -0.05) is 42.0 Å². The van der Waals surface area contributed by atoms with Gasteiger partial charge in [-0.15, -0.1) is 0 Å². The summed E-state index contributed by atoms with van der Waals surface area (Å²) in [6.07, 6.45) is 0. The van der Waals surface area contributed by atoms with Gasteiger partial charge >= 0.3 is 0 Å². The molecule has 0 radical (unpaired) electrons. The van der Waals surface area contributed by atoms with E-state index in [-0.39, 0.29) is 17.3 Å². The zero-order valence-corrected chi connectivity index (χ0v) is 22.6. The second-order valence-electron chi connectivity index (χ2n) is 8.76. The van der Waals surface area contributed by atoms with Crippen LogP contribution in [0, 0.1) is 13.8 Å². The van der Waals surface area contributed by atoms with Crippen LogP contribution in [0.5, 0.6) is 5.75 Å². The lowest BCUT2D eigenvalue weighted by Crippen LogP contribution is -2.50. The van der Waals surface area contributed by atoms with Crippen LogP contribution in [-0.4, -0.2) is 51.9 Å². The van der Waals surface area contributed by atoms with Gasteiger partial charge in [0.15, 0.2) is 0 Å². The van der Waals surface area contributed by atoms with Crippen LogP contribution in [0.3, 0.4) is 0 Å². The molecule has 196 valence electrons. The van der Waals surface area contributed by atoms with Crippen LogP contribution in [0.25, 0.3) is 0 Å². The predicted molar refractivity (Wildman–Crippen MR) is 144 cm³/mol. The third-order valence-corrected chi connectivity index (χ3v) is 8.05. The van der Waals surface area contributed by atoms with Crippen molar-refractivity contribution in [3.8, 4) is 5.75 Å². The van der Waals surface area contributed by atoms with Crippen molar-refractivity contribution in [3.63, 3.8) is 0 Å². The summed E-state index contributed by atoms with van der Waals surface area (Å²) in [5, 5.41) is 2.58. The normalized spacial score (nSPS) is 11.9. The highest BCUT2D eigenvalue weighted by molar-refractivity contribution is 7.92. The standard InChI is InChI=1S/C28H33N3O5S/c1-20-10-16-26(17-11-20)37(34,35)31(24-12-14-25(36-5)15-13-24)19-27(32)30(22(3)28(33)29-4)18-23-9-7-6-8-21(23)2/h6-17,22H,18-19H2,1-5H3,(H,29,33). The van der Waals surface area contributed by atoms with E-state index >= 15 is 0 Å². The lowest BCUT2D eigenvalue weighted by molar-refractivity contribution is -0.139. The molecule has 0 aliphatic carbocycles. The molecule has 3 rings (SSSR count). The van der Waals surface area contributed by atoms with Crippen molar-refractivity contribution in [2.75, 3.05) is 25.0 Å². The monoisotopic (exact) mass is 523 g/mol. The molecule has 0 aliphatic heterocycles. The Morgan fingerprint density at radius 3 is 2.14 bits per heavy atom. The minimum atomic E-state index is -4.11. The van der Waals surface area contributed by atoms with Crippen LogP contribution >= 0.6 is 0 Å². The van der Waals surface area contributed by atoms with Crippen molar-refractivity contribution in [1.29, 1.82) is 0 Å². The molecule has 2 amide bonds. The molecule has 1 unspecified atom stereocenters. The average Bonchev–Trinajstić information content (AvgIpc) is 2.90. The zero-order valence-electron chi connectivity index (χ0n) is 21.8. The Labute approximate surface area is 218 Å². The first-order chi connectivity index (χ1) is 17.6. The van der Waals surface area contributed by atoms with E-state index in [4.69, 9.17) is 4.74 Å². The van der Waals surface area contributed by atoms with Crippen LogP contribution in [0.4, 0.5) is 5.69 Å². The van der Waals surface area contributed by atoms with Crippen molar-refractivity contribution >= 4 is 27.5 Å². The molecule has 0 fully saturated rings. The van der Waals surface area contributed by atoms with Crippen molar-refractivity contribution in [1.82, 2.24) is 10.2 Å². The number of aryl methyl sites for hydroxylation is 2.